The molecule has 10 nitrogen and oxygen atoms in total. The van der Waals surface area contributed by atoms with Crippen molar-refractivity contribution in [3.63, 3.8) is 0 Å². The van der Waals surface area contributed by atoms with E-state index < -0.39 is 37.1 Å². The Balaban J connectivity index is 1.22. The predicted octanol–water partition coefficient (Wildman–Crippen LogP) is 5.31. The first-order valence-electron chi connectivity index (χ1n) is 19.1. The molecule has 0 bridgehead atoms. The fraction of sp³-hybridized carbons (Fsp3) is 0.488. The van der Waals surface area contributed by atoms with Gasteiger partial charge in [0.25, 0.3) is 11.8 Å². The number of piperidine rings is 1. The van der Waals surface area contributed by atoms with Crippen molar-refractivity contribution in [2.75, 3.05) is 47.6 Å². The summed E-state index contributed by atoms with van der Waals surface area (Å²) in [5, 5.41) is 13.4. The number of carbonyl (C=O) groups excluding carboxylic acids is 3. The highest BCUT2D eigenvalue weighted by atomic mass is 28.4. The molecule has 2 N–H and O–H groups in total. The van der Waals surface area contributed by atoms with Gasteiger partial charge in [-0.1, -0.05) is 55.5 Å². The van der Waals surface area contributed by atoms with Gasteiger partial charge in [-0.3, -0.25) is 19.3 Å². The molecule has 3 amide bonds. The Morgan fingerprint density at radius 3 is 2.36 bits per heavy atom. The number of nitrogens with one attached hydrogen (secondary N) is 1. The molecule has 0 saturated carbocycles. The highest BCUT2D eigenvalue weighted by molar-refractivity contribution is 6.72. The van der Waals surface area contributed by atoms with Crippen molar-refractivity contribution in [3.05, 3.63) is 90.0 Å². The van der Waals surface area contributed by atoms with E-state index in [0.29, 0.717) is 49.5 Å². The van der Waals surface area contributed by atoms with Crippen molar-refractivity contribution in [3.8, 4) is 0 Å². The van der Waals surface area contributed by atoms with Gasteiger partial charge in [-0.25, -0.2) is 0 Å². The minimum atomic E-state index is -3.54. The maximum Gasteiger partial charge on any atom is 0.264 e. The van der Waals surface area contributed by atoms with E-state index in [9.17, 15) is 14.7 Å². The third-order valence-corrected chi connectivity index (χ3v) is 15.1. The lowest BCUT2D eigenvalue weighted by atomic mass is 9.82. The predicted molar refractivity (Wildman–Crippen MR) is 205 cm³/mol. The number of likely N-dealkylation sites (tertiary alicyclic amines) is 1. The number of hydrogen-bond acceptors (Lipinski definition) is 7. The van der Waals surface area contributed by atoms with Gasteiger partial charge in [-0.2, -0.15) is 0 Å². The van der Waals surface area contributed by atoms with E-state index in [1.165, 1.54) is 0 Å². The quantitative estimate of drug-likeness (QED) is 0.238. The Bertz CT molecular complexity index is 1870. The summed E-state index contributed by atoms with van der Waals surface area (Å²) in [6.45, 7) is 7.68. The molecule has 0 aromatic heterocycles. The number of aliphatic hydroxyl groups excluding tert-OH is 1. The van der Waals surface area contributed by atoms with E-state index in [4.69, 9.17) is 4.74 Å². The van der Waals surface area contributed by atoms with Crippen LogP contribution >= 0.6 is 0 Å². The number of nitrogens with zero attached hydrogens (tertiary/aromatic N) is 4. The van der Waals surface area contributed by atoms with Gasteiger partial charge in [0.1, 0.15) is 5.54 Å². The number of benzene rings is 3. The molecule has 5 atom stereocenters. The minimum Gasteiger partial charge on any atom is -0.394 e. The van der Waals surface area contributed by atoms with Gasteiger partial charge < -0.3 is 34.0 Å². The summed E-state index contributed by atoms with van der Waals surface area (Å²) in [6, 6.07) is 25.3. The minimum absolute atomic E-state index is 0.0189. The lowest BCUT2D eigenvalue weighted by molar-refractivity contribution is -0.150. The molecule has 3 aromatic rings. The summed E-state index contributed by atoms with van der Waals surface area (Å²) in [6.07, 6.45) is 1.95. The Morgan fingerprint density at radius 2 is 1.68 bits per heavy atom. The van der Waals surface area contributed by atoms with Gasteiger partial charge in [0.15, 0.2) is 5.60 Å². The number of aliphatic hydroxyl groups is 1. The highest BCUT2D eigenvalue weighted by Gasteiger charge is 2.67. The first-order chi connectivity index (χ1) is 25.5. The normalized spacial score (nSPS) is 28.2. The van der Waals surface area contributed by atoms with Crippen LogP contribution in [0.4, 0.5) is 21.2 Å². The number of carbonyl (C=O) groups is 3. The van der Waals surface area contributed by atoms with Crippen LogP contribution in [-0.4, -0.2) is 86.7 Å². The monoisotopic (exact) mass is 739 g/mol. The molecular weight excluding hydrogens is 690 g/mol. The molecule has 8 rings (SSSR count). The maximum absolute atomic E-state index is 16.6. The third kappa shape index (κ3) is 5.80. The summed E-state index contributed by atoms with van der Waals surface area (Å²) in [4.78, 5) is 51.1. The second-order valence-corrected chi connectivity index (χ2v) is 19.8. The smallest absolute Gasteiger partial charge is 0.264 e. The van der Waals surface area contributed by atoms with Crippen molar-refractivity contribution in [2.24, 2.45) is 5.92 Å². The first kappa shape index (κ1) is 35.9. The molecule has 5 aliphatic rings. The van der Waals surface area contributed by atoms with Crippen LogP contribution in [0.2, 0.25) is 18.6 Å². The van der Waals surface area contributed by atoms with Crippen LogP contribution in [0.3, 0.4) is 0 Å². The van der Waals surface area contributed by atoms with Crippen molar-refractivity contribution < 1.29 is 28.3 Å². The molecule has 0 aliphatic carbocycles. The number of anilines is 3. The van der Waals surface area contributed by atoms with E-state index in [1.54, 1.807) is 22.9 Å². The van der Waals surface area contributed by atoms with Crippen molar-refractivity contribution in [1.82, 2.24) is 10.2 Å². The molecule has 280 valence electrons. The van der Waals surface area contributed by atoms with E-state index in [2.05, 4.69) is 10.2 Å². The van der Waals surface area contributed by atoms with Crippen LogP contribution in [-0.2, 0) is 31.3 Å². The van der Waals surface area contributed by atoms with Gasteiger partial charge in [0.2, 0.25) is 14.3 Å². The van der Waals surface area contributed by atoms with Crippen molar-refractivity contribution in [2.45, 2.75) is 87.5 Å². The number of fused-ring (bicyclic) bond motifs is 2. The molecule has 3 aromatic carbocycles. The maximum atomic E-state index is 16.6. The zero-order valence-electron chi connectivity index (χ0n) is 30.8. The molecule has 5 heterocycles. The van der Waals surface area contributed by atoms with E-state index in [1.807, 2.05) is 90.7 Å². The molecule has 53 heavy (non-hydrogen) atoms. The summed E-state index contributed by atoms with van der Waals surface area (Å²) in [7, 11) is -3.54. The molecule has 5 aliphatic heterocycles. The van der Waals surface area contributed by atoms with Crippen LogP contribution in [0.5, 0.6) is 0 Å². The van der Waals surface area contributed by atoms with Crippen LogP contribution in [0.25, 0.3) is 0 Å². The van der Waals surface area contributed by atoms with Gasteiger partial charge in [-0.15, -0.1) is 0 Å². The fourth-order valence-corrected chi connectivity index (χ4v) is 12.6. The number of ether oxygens (including phenoxy) is 1. The molecule has 12 heteroatoms. The second-order valence-electron chi connectivity index (χ2n) is 16.0. The Hall–Kier alpha value is -4.10. The summed E-state index contributed by atoms with van der Waals surface area (Å²) in [5.74, 6) is -1.03. The zero-order chi connectivity index (χ0) is 37.1. The fourth-order valence-electron chi connectivity index (χ4n) is 10.1. The number of para-hydroxylation sites is 1. The molecular formula is C41H50FN5O5Si. The Kier molecular flexibility index (Phi) is 9.24. The SMILES string of the molecule is C[C@@H]1[C@@H]([Si](C)(C)F)[C@H](CC(=O)N2CCC[C@H]2CO)O[C@@]12C(=O)N(Cc1ccccc1)c1ccc(N3CN(c4ccccc4)C4(CCNCC4)C3=O)cc12. The molecule has 0 radical (unpaired) electrons. The number of amides is 3. The lowest BCUT2D eigenvalue weighted by Gasteiger charge is -2.39. The number of halogens is 1. The third-order valence-electron chi connectivity index (χ3n) is 12.7. The van der Waals surface area contributed by atoms with Crippen molar-refractivity contribution in [1.29, 1.82) is 0 Å². The largest absolute Gasteiger partial charge is 0.394 e. The van der Waals surface area contributed by atoms with E-state index in [-0.39, 0.29) is 36.8 Å². The zero-order valence-corrected chi connectivity index (χ0v) is 31.8. The first-order valence-corrected chi connectivity index (χ1v) is 22.1. The topological polar surface area (TPSA) is 106 Å². The van der Waals surface area contributed by atoms with Crippen LogP contribution < -0.4 is 20.0 Å². The molecule has 4 saturated heterocycles. The van der Waals surface area contributed by atoms with Gasteiger partial charge in [0, 0.05) is 34.9 Å². The Morgan fingerprint density at radius 1 is 0.981 bits per heavy atom. The molecule has 0 unspecified atom stereocenters. The highest BCUT2D eigenvalue weighted by Crippen LogP contribution is 2.61. The van der Waals surface area contributed by atoms with Gasteiger partial charge in [0.05, 0.1) is 44.1 Å². The van der Waals surface area contributed by atoms with Gasteiger partial charge in [-0.05, 0) is 87.8 Å². The molecule has 4 fully saturated rings. The van der Waals surface area contributed by atoms with Gasteiger partial charge >= 0.3 is 0 Å². The lowest BCUT2D eigenvalue weighted by Crippen LogP contribution is -2.55. The number of hydrogen-bond donors (Lipinski definition) is 2. The van der Waals surface area contributed by atoms with Crippen LogP contribution in [0.1, 0.15) is 50.2 Å². The second kappa shape index (κ2) is 13.6. The molecule has 2 spiro atoms. The summed E-state index contributed by atoms with van der Waals surface area (Å²) < 4.78 is 23.6. The van der Waals surface area contributed by atoms with E-state index in [0.717, 1.165) is 37.2 Å². The average Bonchev–Trinajstić information content (AvgIpc) is 3.89. The Labute approximate surface area is 312 Å². The van der Waals surface area contributed by atoms with Crippen LogP contribution in [0, 0.1) is 5.92 Å². The van der Waals surface area contributed by atoms with Crippen LogP contribution in [0.15, 0.2) is 78.9 Å². The summed E-state index contributed by atoms with van der Waals surface area (Å²) >= 11 is 0. The summed E-state index contributed by atoms with van der Waals surface area (Å²) in [5.41, 5.74) is 0.936. The average molecular weight is 740 g/mol. The standard InChI is InChI=1S/C41H50FN5O5Si/c1-28-37(53(2,3)42)35(24-36(49)44-22-10-15-32(44)26-48)52-41(28)33-23-31(16-17-34(33)45(39(41)51)25-29-11-6-4-7-12-29)46-27-47(30-13-8-5-9-14-30)40(38(46)50)18-20-43-21-19-40/h4-9,11-14,16-17,23,28,32,35,37,43,48H,10,15,18-22,24-27H2,1-3H3/t28-,32+,35+,37-,41+/m1/s1. The van der Waals surface area contributed by atoms with Crippen molar-refractivity contribution >= 4 is 43.2 Å². The number of rotatable bonds is 8. The van der Waals surface area contributed by atoms with E-state index >= 15 is 8.90 Å².